The van der Waals surface area contributed by atoms with Gasteiger partial charge in [0.25, 0.3) is 0 Å². The van der Waals surface area contributed by atoms with Crippen LogP contribution in [-0.4, -0.2) is 33.9 Å². The molecule has 0 fully saturated rings. The predicted octanol–water partition coefficient (Wildman–Crippen LogP) is -0.365. The highest BCUT2D eigenvalue weighted by Crippen LogP contribution is 2.01. The first kappa shape index (κ1) is 9.73. The number of hydrogen-bond acceptors (Lipinski definition) is 3. The number of aromatic nitrogens is 2. The molecule has 0 spiro atoms. The Morgan fingerprint density at radius 1 is 1.85 bits per heavy atom. The number of likely N-dealkylation sites (N-methyl/N-ethyl adjacent to an activating group) is 1. The third-order valence-corrected chi connectivity index (χ3v) is 1.84. The Bertz CT molecular complexity index is 295. The van der Waals surface area contributed by atoms with Crippen molar-refractivity contribution in [3.05, 3.63) is 18.0 Å². The maximum absolute atomic E-state index is 10.7. The topological polar surface area (TPSA) is 67.2 Å². The van der Waals surface area contributed by atoms with Crippen molar-refractivity contribution >= 4 is 5.97 Å². The molecule has 0 aliphatic rings. The minimum absolute atomic E-state index is 0.458. The van der Waals surface area contributed by atoms with Crippen LogP contribution in [-0.2, 0) is 18.3 Å². The van der Waals surface area contributed by atoms with Crippen LogP contribution in [0, 0.1) is 0 Å². The summed E-state index contributed by atoms with van der Waals surface area (Å²) in [6, 6.07) is -0.538. The van der Waals surface area contributed by atoms with Gasteiger partial charge in [0.15, 0.2) is 0 Å². The van der Waals surface area contributed by atoms with E-state index < -0.39 is 12.0 Å². The quantitative estimate of drug-likeness (QED) is 0.668. The normalized spacial score (nSPS) is 12.8. The van der Waals surface area contributed by atoms with Crippen molar-refractivity contribution in [1.82, 2.24) is 15.1 Å². The number of carbonyl (C=O) groups is 1. The Hall–Kier alpha value is -1.36. The van der Waals surface area contributed by atoms with Crippen LogP contribution in [0.4, 0.5) is 0 Å². The van der Waals surface area contributed by atoms with E-state index in [0.29, 0.717) is 6.42 Å². The van der Waals surface area contributed by atoms with Crippen LogP contribution in [0.15, 0.2) is 12.4 Å². The van der Waals surface area contributed by atoms with Crippen molar-refractivity contribution < 1.29 is 9.90 Å². The number of carboxylic acid groups (broad SMARTS) is 1. The van der Waals surface area contributed by atoms with Gasteiger partial charge in [0.05, 0.1) is 6.20 Å². The van der Waals surface area contributed by atoms with Crippen LogP contribution in [0.3, 0.4) is 0 Å². The first-order valence-corrected chi connectivity index (χ1v) is 4.01. The van der Waals surface area contributed by atoms with E-state index >= 15 is 0 Å². The number of aryl methyl sites for hydroxylation is 1. The van der Waals surface area contributed by atoms with Crippen LogP contribution >= 0.6 is 0 Å². The fourth-order valence-electron chi connectivity index (χ4n) is 1.13. The van der Waals surface area contributed by atoms with Gasteiger partial charge in [-0.25, -0.2) is 0 Å². The van der Waals surface area contributed by atoms with Gasteiger partial charge in [-0.2, -0.15) is 5.10 Å². The Kier molecular flexibility index (Phi) is 3.02. The van der Waals surface area contributed by atoms with E-state index in [1.165, 1.54) is 0 Å². The molecule has 0 saturated heterocycles. The predicted molar refractivity (Wildman–Crippen MR) is 47.4 cm³/mol. The number of aliphatic carboxylic acids is 1. The highest BCUT2D eigenvalue weighted by atomic mass is 16.4. The molecule has 0 aromatic carbocycles. The lowest BCUT2D eigenvalue weighted by Crippen LogP contribution is -2.35. The van der Waals surface area contributed by atoms with Gasteiger partial charge in [-0.05, 0) is 12.6 Å². The van der Waals surface area contributed by atoms with Crippen molar-refractivity contribution in [3.63, 3.8) is 0 Å². The van der Waals surface area contributed by atoms with E-state index in [1.54, 1.807) is 25.0 Å². The summed E-state index contributed by atoms with van der Waals surface area (Å²) in [5.41, 5.74) is 0.921. The second-order valence-electron chi connectivity index (χ2n) is 2.91. The highest BCUT2D eigenvalue weighted by Gasteiger charge is 2.15. The number of nitrogens with zero attached hydrogens (tertiary/aromatic N) is 2. The van der Waals surface area contributed by atoms with Gasteiger partial charge in [0.2, 0.25) is 0 Å². The standard InChI is InChI=1S/C8H13N3O2/c1-9-7(8(12)13)3-6-4-10-11(2)5-6/h4-5,7,9H,3H2,1-2H3,(H,12,13)/t7-/m0/s1. The van der Waals surface area contributed by atoms with E-state index in [1.807, 2.05) is 6.20 Å². The second-order valence-corrected chi connectivity index (χ2v) is 2.91. The zero-order chi connectivity index (χ0) is 9.84. The molecule has 1 heterocycles. The second kappa shape index (κ2) is 4.04. The molecule has 5 heteroatoms. The summed E-state index contributed by atoms with van der Waals surface area (Å²) in [6.07, 6.45) is 3.94. The molecule has 72 valence electrons. The summed E-state index contributed by atoms with van der Waals surface area (Å²) in [7, 11) is 3.44. The highest BCUT2D eigenvalue weighted by molar-refractivity contribution is 5.73. The van der Waals surface area contributed by atoms with Crippen LogP contribution in [0.25, 0.3) is 0 Å². The zero-order valence-corrected chi connectivity index (χ0v) is 7.69. The molecule has 5 nitrogen and oxygen atoms in total. The molecule has 1 aromatic heterocycles. The molecule has 2 N–H and O–H groups in total. The van der Waals surface area contributed by atoms with E-state index in [2.05, 4.69) is 10.4 Å². The monoisotopic (exact) mass is 183 g/mol. The van der Waals surface area contributed by atoms with Crippen molar-refractivity contribution in [2.24, 2.45) is 7.05 Å². The molecule has 0 aliphatic heterocycles. The van der Waals surface area contributed by atoms with Gasteiger partial charge in [0.1, 0.15) is 6.04 Å². The van der Waals surface area contributed by atoms with Crippen LogP contribution in [0.5, 0.6) is 0 Å². The lowest BCUT2D eigenvalue weighted by molar-refractivity contribution is -0.139. The SMILES string of the molecule is CN[C@@H](Cc1cnn(C)c1)C(=O)O. The first-order chi connectivity index (χ1) is 6.13. The van der Waals surface area contributed by atoms with Gasteiger partial charge in [-0.15, -0.1) is 0 Å². The maximum atomic E-state index is 10.7. The summed E-state index contributed by atoms with van der Waals surface area (Å²) in [6.45, 7) is 0. The van der Waals surface area contributed by atoms with E-state index in [4.69, 9.17) is 5.11 Å². The first-order valence-electron chi connectivity index (χ1n) is 4.01. The van der Waals surface area contributed by atoms with Gasteiger partial charge in [-0.3, -0.25) is 9.48 Å². The molecule has 1 atom stereocenters. The third-order valence-electron chi connectivity index (χ3n) is 1.84. The molecule has 0 radical (unpaired) electrons. The summed E-state index contributed by atoms with van der Waals surface area (Å²) >= 11 is 0. The molecule has 0 unspecified atom stereocenters. The summed E-state index contributed by atoms with van der Waals surface area (Å²) < 4.78 is 1.66. The van der Waals surface area contributed by atoms with Crippen LogP contribution in [0.2, 0.25) is 0 Å². The summed E-state index contributed by atoms with van der Waals surface area (Å²) in [5.74, 6) is -0.841. The Morgan fingerprint density at radius 2 is 2.54 bits per heavy atom. The molecule has 13 heavy (non-hydrogen) atoms. The zero-order valence-electron chi connectivity index (χ0n) is 7.69. The minimum atomic E-state index is -0.841. The molecule has 1 rings (SSSR count). The van der Waals surface area contributed by atoms with Gasteiger partial charge < -0.3 is 10.4 Å². The largest absolute Gasteiger partial charge is 0.480 e. The van der Waals surface area contributed by atoms with Gasteiger partial charge >= 0.3 is 5.97 Å². The minimum Gasteiger partial charge on any atom is -0.480 e. The lowest BCUT2D eigenvalue weighted by atomic mass is 10.1. The molecular weight excluding hydrogens is 170 g/mol. The number of nitrogens with one attached hydrogen (secondary N) is 1. The number of hydrogen-bond donors (Lipinski definition) is 2. The Labute approximate surface area is 76.4 Å². The van der Waals surface area contributed by atoms with E-state index in [9.17, 15) is 4.79 Å². The van der Waals surface area contributed by atoms with Crippen molar-refractivity contribution in [3.8, 4) is 0 Å². The fraction of sp³-hybridized carbons (Fsp3) is 0.500. The molecular formula is C8H13N3O2. The van der Waals surface area contributed by atoms with Crippen LogP contribution < -0.4 is 5.32 Å². The fourth-order valence-corrected chi connectivity index (χ4v) is 1.13. The Morgan fingerprint density at radius 3 is 2.92 bits per heavy atom. The third kappa shape index (κ3) is 2.55. The van der Waals surface area contributed by atoms with Crippen molar-refractivity contribution in [1.29, 1.82) is 0 Å². The average Bonchev–Trinajstić information content (AvgIpc) is 2.46. The number of carboxylic acids is 1. The van der Waals surface area contributed by atoms with E-state index in [-0.39, 0.29) is 0 Å². The summed E-state index contributed by atoms with van der Waals surface area (Å²) in [5, 5.41) is 15.4. The maximum Gasteiger partial charge on any atom is 0.321 e. The van der Waals surface area contributed by atoms with Gasteiger partial charge in [-0.1, -0.05) is 0 Å². The number of rotatable bonds is 4. The molecule has 0 amide bonds. The van der Waals surface area contributed by atoms with Gasteiger partial charge in [0, 0.05) is 19.7 Å². The molecule has 0 saturated carbocycles. The van der Waals surface area contributed by atoms with Crippen LogP contribution in [0.1, 0.15) is 5.56 Å². The summed E-state index contributed by atoms with van der Waals surface area (Å²) in [4.78, 5) is 10.7. The Balaban J connectivity index is 2.61. The molecule has 0 aliphatic carbocycles. The smallest absolute Gasteiger partial charge is 0.321 e. The lowest BCUT2D eigenvalue weighted by Gasteiger charge is -2.08. The average molecular weight is 183 g/mol. The molecule has 1 aromatic rings. The van der Waals surface area contributed by atoms with E-state index in [0.717, 1.165) is 5.56 Å². The van der Waals surface area contributed by atoms with Crippen molar-refractivity contribution in [2.45, 2.75) is 12.5 Å². The molecule has 0 bridgehead atoms. The van der Waals surface area contributed by atoms with Crippen molar-refractivity contribution in [2.75, 3.05) is 7.05 Å².